The van der Waals surface area contributed by atoms with Crippen molar-refractivity contribution in [2.24, 2.45) is 0 Å². The van der Waals surface area contributed by atoms with E-state index in [-0.39, 0.29) is 17.9 Å². The lowest BCUT2D eigenvalue weighted by molar-refractivity contribution is 0.0951. The van der Waals surface area contributed by atoms with Crippen molar-refractivity contribution in [3.05, 3.63) is 80.7 Å². The molecule has 0 aliphatic rings. The highest BCUT2D eigenvalue weighted by Gasteiger charge is 2.16. The summed E-state index contributed by atoms with van der Waals surface area (Å²) >= 11 is 5.93. The molecular formula is C21H20ClNO3. The molecule has 1 heterocycles. The molecule has 5 heteroatoms. The number of carbonyl (C=O) groups excluding carboxylic acids is 1. The summed E-state index contributed by atoms with van der Waals surface area (Å²) in [6.07, 6.45) is 0. The fourth-order valence-electron chi connectivity index (χ4n) is 2.75. The minimum absolute atomic E-state index is 0.0361. The normalized spacial score (nSPS) is 11.5. The second-order valence-electron chi connectivity index (χ2n) is 7.24. The summed E-state index contributed by atoms with van der Waals surface area (Å²) in [5, 5.41) is 4.16. The zero-order valence-corrected chi connectivity index (χ0v) is 15.7. The number of amides is 1. The Balaban J connectivity index is 1.93. The molecule has 0 saturated carbocycles. The Morgan fingerprint density at radius 3 is 2.58 bits per heavy atom. The number of nitrogens with one attached hydrogen (secondary N) is 1. The van der Waals surface area contributed by atoms with Crippen LogP contribution in [0.3, 0.4) is 0 Å². The van der Waals surface area contributed by atoms with E-state index in [0.29, 0.717) is 16.2 Å². The van der Waals surface area contributed by atoms with E-state index in [4.69, 9.17) is 16.0 Å². The number of halogens is 1. The van der Waals surface area contributed by atoms with Crippen LogP contribution >= 0.6 is 11.6 Å². The Labute approximate surface area is 156 Å². The van der Waals surface area contributed by atoms with E-state index in [0.717, 1.165) is 16.5 Å². The molecule has 26 heavy (non-hydrogen) atoms. The molecule has 0 spiro atoms. The average molecular weight is 370 g/mol. The van der Waals surface area contributed by atoms with Crippen molar-refractivity contribution in [2.75, 3.05) is 0 Å². The molecule has 0 atom stereocenters. The standard InChI is InChI=1S/C21H20ClNO3/c1-21(2,3)15-7-8-18-17(11-15)14(10-19(24)26-18)12-23-20(25)13-5-4-6-16(22)9-13/h4-11H,12H2,1-3H3,(H,23,25). The number of rotatable bonds is 3. The molecule has 0 bridgehead atoms. The van der Waals surface area contributed by atoms with Crippen molar-refractivity contribution in [3.8, 4) is 0 Å². The van der Waals surface area contributed by atoms with Gasteiger partial charge >= 0.3 is 5.63 Å². The van der Waals surface area contributed by atoms with Crippen molar-refractivity contribution in [3.63, 3.8) is 0 Å². The summed E-state index contributed by atoms with van der Waals surface area (Å²) in [5.74, 6) is -0.249. The average Bonchev–Trinajstić information content (AvgIpc) is 2.58. The monoisotopic (exact) mass is 369 g/mol. The second kappa shape index (κ2) is 6.96. The highest BCUT2D eigenvalue weighted by atomic mass is 35.5. The van der Waals surface area contributed by atoms with Gasteiger partial charge in [-0.15, -0.1) is 0 Å². The van der Waals surface area contributed by atoms with Crippen LogP contribution in [0.5, 0.6) is 0 Å². The third kappa shape index (κ3) is 3.97. The van der Waals surface area contributed by atoms with Gasteiger partial charge in [-0.2, -0.15) is 0 Å². The molecule has 0 saturated heterocycles. The maximum Gasteiger partial charge on any atom is 0.336 e. The molecule has 0 radical (unpaired) electrons. The van der Waals surface area contributed by atoms with Gasteiger partial charge in [0.05, 0.1) is 0 Å². The first-order valence-electron chi connectivity index (χ1n) is 8.35. The van der Waals surface area contributed by atoms with Gasteiger partial charge in [-0.25, -0.2) is 4.79 Å². The van der Waals surface area contributed by atoms with Crippen LogP contribution in [0.4, 0.5) is 0 Å². The lowest BCUT2D eigenvalue weighted by Crippen LogP contribution is -2.23. The van der Waals surface area contributed by atoms with E-state index in [1.165, 1.54) is 6.07 Å². The molecule has 1 N–H and O–H groups in total. The van der Waals surface area contributed by atoms with E-state index < -0.39 is 5.63 Å². The summed E-state index contributed by atoms with van der Waals surface area (Å²) in [4.78, 5) is 24.2. The zero-order valence-electron chi connectivity index (χ0n) is 14.9. The van der Waals surface area contributed by atoms with Crippen LogP contribution < -0.4 is 10.9 Å². The summed E-state index contributed by atoms with van der Waals surface area (Å²) < 4.78 is 5.29. The predicted octanol–water partition coefficient (Wildman–Crippen LogP) is 4.67. The molecule has 2 aromatic carbocycles. The number of hydrogen-bond donors (Lipinski definition) is 1. The quantitative estimate of drug-likeness (QED) is 0.682. The van der Waals surface area contributed by atoms with Crippen molar-refractivity contribution in [2.45, 2.75) is 32.7 Å². The van der Waals surface area contributed by atoms with E-state index >= 15 is 0 Å². The molecule has 3 aromatic rings. The lowest BCUT2D eigenvalue weighted by Gasteiger charge is -2.19. The van der Waals surface area contributed by atoms with Gasteiger partial charge in [0, 0.05) is 28.6 Å². The van der Waals surface area contributed by atoms with Crippen LogP contribution in [0.25, 0.3) is 11.0 Å². The van der Waals surface area contributed by atoms with E-state index in [9.17, 15) is 9.59 Å². The Hall–Kier alpha value is -2.59. The summed E-state index contributed by atoms with van der Waals surface area (Å²) in [7, 11) is 0. The molecule has 1 aromatic heterocycles. The second-order valence-corrected chi connectivity index (χ2v) is 7.68. The highest BCUT2D eigenvalue weighted by Crippen LogP contribution is 2.27. The third-order valence-electron chi connectivity index (χ3n) is 4.22. The lowest BCUT2D eigenvalue weighted by atomic mass is 9.86. The summed E-state index contributed by atoms with van der Waals surface area (Å²) in [6.45, 7) is 6.58. The zero-order chi connectivity index (χ0) is 18.9. The van der Waals surface area contributed by atoms with Crippen LogP contribution in [-0.2, 0) is 12.0 Å². The maximum atomic E-state index is 12.3. The van der Waals surface area contributed by atoms with Gasteiger partial charge in [-0.1, -0.05) is 44.5 Å². The Morgan fingerprint density at radius 1 is 1.12 bits per heavy atom. The Morgan fingerprint density at radius 2 is 1.88 bits per heavy atom. The van der Waals surface area contributed by atoms with Crippen LogP contribution in [0.1, 0.15) is 42.3 Å². The van der Waals surface area contributed by atoms with Crippen LogP contribution in [0.15, 0.2) is 57.7 Å². The fraction of sp³-hybridized carbons (Fsp3) is 0.238. The van der Waals surface area contributed by atoms with Crippen molar-refractivity contribution in [1.29, 1.82) is 0 Å². The molecule has 4 nitrogen and oxygen atoms in total. The Kier molecular flexibility index (Phi) is 4.88. The number of carbonyl (C=O) groups is 1. The first kappa shape index (κ1) is 18.2. The molecule has 3 rings (SSSR count). The van der Waals surface area contributed by atoms with Crippen LogP contribution in [-0.4, -0.2) is 5.91 Å². The van der Waals surface area contributed by atoms with Gasteiger partial charge < -0.3 is 9.73 Å². The van der Waals surface area contributed by atoms with E-state index in [1.807, 2.05) is 12.1 Å². The third-order valence-corrected chi connectivity index (χ3v) is 4.46. The van der Waals surface area contributed by atoms with Crippen LogP contribution in [0, 0.1) is 0 Å². The van der Waals surface area contributed by atoms with Gasteiger partial charge in [0.1, 0.15) is 5.58 Å². The van der Waals surface area contributed by atoms with Crippen molar-refractivity contribution >= 4 is 28.5 Å². The molecule has 0 fully saturated rings. The molecule has 134 valence electrons. The smallest absolute Gasteiger partial charge is 0.336 e. The first-order chi connectivity index (χ1) is 12.2. The van der Waals surface area contributed by atoms with Gasteiger partial charge in [0.2, 0.25) is 0 Å². The maximum absolute atomic E-state index is 12.3. The topological polar surface area (TPSA) is 59.3 Å². The minimum atomic E-state index is -0.437. The number of benzene rings is 2. The highest BCUT2D eigenvalue weighted by molar-refractivity contribution is 6.30. The summed E-state index contributed by atoms with van der Waals surface area (Å²) in [6, 6.07) is 13.9. The summed E-state index contributed by atoms with van der Waals surface area (Å²) in [5.41, 5.74) is 2.36. The van der Waals surface area contributed by atoms with Crippen LogP contribution in [0.2, 0.25) is 5.02 Å². The largest absolute Gasteiger partial charge is 0.423 e. The fourth-order valence-corrected chi connectivity index (χ4v) is 2.94. The minimum Gasteiger partial charge on any atom is -0.423 e. The van der Waals surface area contributed by atoms with Gasteiger partial charge in [0.25, 0.3) is 5.91 Å². The van der Waals surface area contributed by atoms with Gasteiger partial charge in [-0.3, -0.25) is 4.79 Å². The Bertz CT molecular complexity index is 1030. The molecule has 0 aliphatic carbocycles. The van der Waals surface area contributed by atoms with Gasteiger partial charge in [-0.05, 0) is 46.9 Å². The van der Waals surface area contributed by atoms with Gasteiger partial charge in [0.15, 0.2) is 0 Å². The predicted molar refractivity (Wildman–Crippen MR) is 104 cm³/mol. The van der Waals surface area contributed by atoms with Crippen molar-refractivity contribution < 1.29 is 9.21 Å². The first-order valence-corrected chi connectivity index (χ1v) is 8.73. The molecule has 1 amide bonds. The van der Waals surface area contributed by atoms with Crippen molar-refractivity contribution in [1.82, 2.24) is 5.32 Å². The SMILES string of the molecule is CC(C)(C)c1ccc2oc(=O)cc(CNC(=O)c3cccc(Cl)c3)c2c1. The van der Waals surface area contributed by atoms with E-state index in [1.54, 1.807) is 30.3 Å². The van der Waals surface area contributed by atoms with E-state index in [2.05, 4.69) is 26.1 Å². The number of fused-ring (bicyclic) bond motifs is 1. The molecular weight excluding hydrogens is 350 g/mol. The number of hydrogen-bond acceptors (Lipinski definition) is 3. The molecule has 0 unspecified atom stereocenters. The molecule has 0 aliphatic heterocycles.